The fourth-order valence-corrected chi connectivity index (χ4v) is 2.81. The van der Waals surface area contributed by atoms with Gasteiger partial charge in [-0.15, -0.1) is 0 Å². The first kappa shape index (κ1) is 16.4. The number of aryl methyl sites for hydroxylation is 2. The molecule has 120 valence electrons. The predicted octanol–water partition coefficient (Wildman–Crippen LogP) is 0.613. The third-order valence-electron chi connectivity index (χ3n) is 4.07. The second-order valence-electron chi connectivity index (χ2n) is 5.74. The van der Waals surface area contributed by atoms with E-state index in [2.05, 4.69) is 28.7 Å². The molecule has 0 unspecified atom stereocenters. The van der Waals surface area contributed by atoms with Gasteiger partial charge in [-0.3, -0.25) is 4.90 Å². The number of nitrogens with zero attached hydrogens (tertiary/aromatic N) is 2. The van der Waals surface area contributed by atoms with Gasteiger partial charge in [0.05, 0.1) is 31.1 Å². The van der Waals surface area contributed by atoms with Crippen LogP contribution >= 0.6 is 0 Å². The molecule has 0 aliphatic carbocycles. The lowest BCUT2D eigenvalue weighted by Gasteiger charge is -2.39. The summed E-state index contributed by atoms with van der Waals surface area (Å²) in [5, 5.41) is 20.0. The minimum absolute atomic E-state index is 0.185. The number of hydrogen-bond donors (Lipinski definition) is 3. The maximum absolute atomic E-state index is 10.2. The van der Waals surface area contributed by atoms with E-state index in [1.165, 1.54) is 0 Å². The summed E-state index contributed by atoms with van der Waals surface area (Å²) < 4.78 is 5.41. The lowest BCUT2D eigenvalue weighted by molar-refractivity contribution is -0.134. The standard InChI is InChI=1S/C15H27N3O3/c1-4-6-18(12-8-21-9-13(19)15(12)20)7-11-10(3)16-14(5-2)17-11/h12-13,15,19-20H,4-9H2,1-3H3,(H,16,17)/t12-,13-,15+/m1/s1. The first-order valence-corrected chi connectivity index (χ1v) is 7.79. The largest absolute Gasteiger partial charge is 0.389 e. The Labute approximate surface area is 126 Å². The van der Waals surface area contributed by atoms with Crippen molar-refractivity contribution >= 4 is 0 Å². The zero-order valence-corrected chi connectivity index (χ0v) is 13.2. The van der Waals surface area contributed by atoms with Crippen molar-refractivity contribution in [3.63, 3.8) is 0 Å². The number of rotatable bonds is 6. The maximum atomic E-state index is 10.2. The molecule has 21 heavy (non-hydrogen) atoms. The molecule has 6 nitrogen and oxygen atoms in total. The SMILES string of the molecule is CCCN(Cc1nc(CC)[nH]c1C)[C@@H]1COC[C@@H](O)[C@H]1O. The molecule has 1 aromatic rings. The third-order valence-corrected chi connectivity index (χ3v) is 4.07. The van der Waals surface area contributed by atoms with Gasteiger partial charge in [-0.1, -0.05) is 13.8 Å². The minimum atomic E-state index is -0.811. The molecular weight excluding hydrogens is 270 g/mol. The summed E-state index contributed by atoms with van der Waals surface area (Å²) in [4.78, 5) is 10.1. The van der Waals surface area contributed by atoms with Crippen LogP contribution in [-0.2, 0) is 17.7 Å². The number of ether oxygens (including phenoxy) is 1. The number of aliphatic hydroxyl groups excluding tert-OH is 2. The van der Waals surface area contributed by atoms with Crippen LogP contribution in [0.15, 0.2) is 0 Å². The van der Waals surface area contributed by atoms with Crippen LogP contribution < -0.4 is 0 Å². The fraction of sp³-hybridized carbons (Fsp3) is 0.800. The van der Waals surface area contributed by atoms with Crippen LogP contribution in [0.5, 0.6) is 0 Å². The van der Waals surface area contributed by atoms with Gasteiger partial charge in [-0.25, -0.2) is 4.98 Å². The van der Waals surface area contributed by atoms with Gasteiger partial charge in [0.1, 0.15) is 11.9 Å². The zero-order valence-electron chi connectivity index (χ0n) is 13.2. The predicted molar refractivity (Wildman–Crippen MR) is 80.0 cm³/mol. The van der Waals surface area contributed by atoms with Crippen LogP contribution in [0, 0.1) is 6.92 Å². The van der Waals surface area contributed by atoms with Crippen LogP contribution in [0.1, 0.15) is 37.5 Å². The van der Waals surface area contributed by atoms with Crippen molar-refractivity contribution in [1.82, 2.24) is 14.9 Å². The van der Waals surface area contributed by atoms with E-state index in [1.807, 2.05) is 6.92 Å². The summed E-state index contributed by atoms with van der Waals surface area (Å²) >= 11 is 0. The first-order chi connectivity index (χ1) is 10.1. The molecule has 1 saturated heterocycles. The van der Waals surface area contributed by atoms with Crippen LogP contribution in [0.4, 0.5) is 0 Å². The molecule has 2 heterocycles. The lowest BCUT2D eigenvalue weighted by atomic mass is 10.0. The van der Waals surface area contributed by atoms with E-state index < -0.39 is 12.2 Å². The highest BCUT2D eigenvalue weighted by molar-refractivity contribution is 5.13. The fourth-order valence-electron chi connectivity index (χ4n) is 2.81. The summed E-state index contributed by atoms with van der Waals surface area (Å²) in [5.41, 5.74) is 2.08. The van der Waals surface area contributed by atoms with E-state index >= 15 is 0 Å². The number of aromatic amines is 1. The molecule has 0 amide bonds. The highest BCUT2D eigenvalue weighted by Crippen LogP contribution is 2.19. The Morgan fingerprint density at radius 3 is 2.71 bits per heavy atom. The molecule has 0 radical (unpaired) electrons. The Morgan fingerprint density at radius 2 is 2.10 bits per heavy atom. The topological polar surface area (TPSA) is 81.6 Å². The summed E-state index contributed by atoms with van der Waals surface area (Å²) in [5.74, 6) is 0.986. The second kappa shape index (κ2) is 7.35. The van der Waals surface area contributed by atoms with Crippen molar-refractivity contribution in [3.05, 3.63) is 17.2 Å². The van der Waals surface area contributed by atoms with Crippen molar-refractivity contribution in [2.75, 3.05) is 19.8 Å². The normalized spacial score (nSPS) is 26.5. The molecule has 0 saturated carbocycles. The van der Waals surface area contributed by atoms with E-state index in [4.69, 9.17) is 4.74 Å². The van der Waals surface area contributed by atoms with Crippen molar-refractivity contribution in [1.29, 1.82) is 0 Å². The smallest absolute Gasteiger partial charge is 0.106 e. The molecular formula is C15H27N3O3. The van der Waals surface area contributed by atoms with Crippen molar-refractivity contribution in [2.24, 2.45) is 0 Å². The molecule has 3 atom stereocenters. The highest BCUT2D eigenvalue weighted by Gasteiger charge is 2.35. The number of imidazole rings is 1. The molecule has 0 bridgehead atoms. The van der Waals surface area contributed by atoms with Crippen LogP contribution in [0.25, 0.3) is 0 Å². The zero-order chi connectivity index (χ0) is 15.4. The number of aromatic nitrogens is 2. The average molecular weight is 297 g/mol. The molecule has 1 aromatic heterocycles. The Bertz CT molecular complexity index is 449. The van der Waals surface area contributed by atoms with Gasteiger partial charge in [0.2, 0.25) is 0 Å². The van der Waals surface area contributed by atoms with E-state index in [0.29, 0.717) is 13.2 Å². The van der Waals surface area contributed by atoms with Gasteiger partial charge in [0.25, 0.3) is 0 Å². The summed E-state index contributed by atoms with van der Waals surface area (Å²) in [7, 11) is 0. The molecule has 1 fully saturated rings. The van der Waals surface area contributed by atoms with Gasteiger partial charge in [0, 0.05) is 18.7 Å². The molecule has 0 aromatic carbocycles. The molecule has 3 N–H and O–H groups in total. The Hall–Kier alpha value is -0.950. The molecule has 2 rings (SSSR count). The average Bonchev–Trinajstić information content (AvgIpc) is 2.82. The van der Waals surface area contributed by atoms with Crippen molar-refractivity contribution in [2.45, 2.75) is 58.4 Å². The van der Waals surface area contributed by atoms with E-state index in [0.717, 1.165) is 36.6 Å². The number of aliphatic hydroxyl groups is 2. The van der Waals surface area contributed by atoms with Gasteiger partial charge in [-0.05, 0) is 19.9 Å². The van der Waals surface area contributed by atoms with E-state index in [1.54, 1.807) is 0 Å². The second-order valence-corrected chi connectivity index (χ2v) is 5.74. The molecule has 1 aliphatic rings. The van der Waals surface area contributed by atoms with Gasteiger partial charge in [0.15, 0.2) is 0 Å². The third kappa shape index (κ3) is 3.83. The summed E-state index contributed by atoms with van der Waals surface area (Å²) in [6.45, 7) is 8.35. The number of nitrogens with one attached hydrogen (secondary N) is 1. The Morgan fingerprint density at radius 1 is 1.33 bits per heavy atom. The van der Waals surface area contributed by atoms with Crippen molar-refractivity contribution < 1.29 is 14.9 Å². The van der Waals surface area contributed by atoms with Crippen molar-refractivity contribution in [3.8, 4) is 0 Å². The maximum Gasteiger partial charge on any atom is 0.106 e. The van der Waals surface area contributed by atoms with Gasteiger partial charge < -0.3 is 19.9 Å². The van der Waals surface area contributed by atoms with Gasteiger partial charge in [-0.2, -0.15) is 0 Å². The summed E-state index contributed by atoms with van der Waals surface area (Å²) in [6, 6.07) is -0.185. The highest BCUT2D eigenvalue weighted by atomic mass is 16.5. The number of H-pyrrole nitrogens is 1. The first-order valence-electron chi connectivity index (χ1n) is 7.79. The van der Waals surface area contributed by atoms with E-state index in [9.17, 15) is 10.2 Å². The van der Waals surface area contributed by atoms with Crippen LogP contribution in [0.3, 0.4) is 0 Å². The Balaban J connectivity index is 2.12. The van der Waals surface area contributed by atoms with Crippen LogP contribution in [0.2, 0.25) is 0 Å². The molecule has 1 aliphatic heterocycles. The monoisotopic (exact) mass is 297 g/mol. The lowest BCUT2D eigenvalue weighted by Crippen LogP contribution is -2.55. The van der Waals surface area contributed by atoms with Crippen LogP contribution in [-0.4, -0.2) is 63.1 Å². The number of hydrogen-bond acceptors (Lipinski definition) is 5. The van der Waals surface area contributed by atoms with E-state index in [-0.39, 0.29) is 12.6 Å². The van der Waals surface area contributed by atoms with Gasteiger partial charge >= 0.3 is 0 Å². The minimum Gasteiger partial charge on any atom is -0.389 e. The quantitative estimate of drug-likeness (QED) is 0.717. The molecule has 6 heteroatoms. The Kier molecular flexibility index (Phi) is 5.75. The molecule has 0 spiro atoms. The summed E-state index contributed by atoms with van der Waals surface area (Å²) in [6.07, 6.45) is 0.274.